The van der Waals surface area contributed by atoms with Crippen LogP contribution < -0.4 is 5.32 Å². The molecule has 7 heteroatoms. The highest BCUT2D eigenvalue weighted by Crippen LogP contribution is 2.24. The summed E-state index contributed by atoms with van der Waals surface area (Å²) in [5.74, 6) is -0.803. The van der Waals surface area contributed by atoms with Crippen LogP contribution in [0.3, 0.4) is 0 Å². The number of hydrogen-bond donors (Lipinski definition) is 2. The summed E-state index contributed by atoms with van der Waals surface area (Å²) in [7, 11) is 0. The topological polar surface area (TPSA) is 88.3 Å². The minimum Gasteiger partial charge on any atom is -0.444 e. The molecular weight excluding hydrogens is 308 g/mol. The summed E-state index contributed by atoms with van der Waals surface area (Å²) in [6.07, 6.45) is 0.800. The molecule has 0 aliphatic carbocycles. The van der Waals surface area contributed by atoms with Gasteiger partial charge in [-0.2, -0.15) is 0 Å². The van der Waals surface area contributed by atoms with Gasteiger partial charge in [0.1, 0.15) is 5.60 Å². The molecule has 0 fully saturated rings. The van der Waals surface area contributed by atoms with Gasteiger partial charge in [0.05, 0.1) is 5.56 Å². The van der Waals surface area contributed by atoms with Crippen LogP contribution >= 0.6 is 11.6 Å². The van der Waals surface area contributed by atoms with Crippen molar-refractivity contribution < 1.29 is 19.1 Å². The molecule has 0 aliphatic rings. The zero-order chi connectivity index (χ0) is 16.5. The summed E-state index contributed by atoms with van der Waals surface area (Å²) in [4.78, 5) is 37.4. The maximum Gasteiger partial charge on any atom is 0.412 e. The van der Waals surface area contributed by atoms with Crippen molar-refractivity contribution in [2.45, 2.75) is 26.4 Å². The van der Waals surface area contributed by atoms with Crippen molar-refractivity contribution in [3.63, 3.8) is 0 Å². The van der Waals surface area contributed by atoms with E-state index in [-0.39, 0.29) is 5.56 Å². The predicted octanol–water partition coefficient (Wildman–Crippen LogP) is 3.46. The van der Waals surface area contributed by atoms with E-state index in [1.807, 2.05) is 0 Å². The highest BCUT2D eigenvalue weighted by Gasteiger charge is 2.19. The lowest BCUT2D eigenvalue weighted by Crippen LogP contribution is -2.27. The minimum atomic E-state index is -1.06. The van der Waals surface area contributed by atoms with E-state index < -0.39 is 22.7 Å². The molecule has 0 radical (unpaired) electrons. The van der Waals surface area contributed by atoms with E-state index in [1.54, 1.807) is 39.0 Å². The summed E-state index contributed by atoms with van der Waals surface area (Å²) in [6, 6.07) is 4.90. The largest absolute Gasteiger partial charge is 0.444 e. The minimum absolute atomic E-state index is 0.155. The third kappa shape index (κ3) is 3.65. The Bertz CT molecular complexity index is 758. The third-order valence-corrected chi connectivity index (χ3v) is 2.92. The number of ketones is 1. The van der Waals surface area contributed by atoms with Gasteiger partial charge in [0.2, 0.25) is 5.78 Å². The predicted molar refractivity (Wildman–Crippen MR) is 83.3 cm³/mol. The molecular formula is C15H15ClN2O4. The van der Waals surface area contributed by atoms with Gasteiger partial charge in [-0.15, -0.1) is 0 Å². The molecule has 2 rings (SSSR count). The molecule has 0 aliphatic heterocycles. The molecule has 1 heterocycles. The molecule has 2 aromatic rings. The van der Waals surface area contributed by atoms with Crippen LogP contribution in [0.4, 0.5) is 10.5 Å². The van der Waals surface area contributed by atoms with Gasteiger partial charge in [0.25, 0.3) is 5.24 Å². The molecule has 0 saturated heterocycles. The number of aromatic nitrogens is 1. The van der Waals surface area contributed by atoms with Gasteiger partial charge in [0.15, 0.2) is 0 Å². The van der Waals surface area contributed by atoms with E-state index in [0.29, 0.717) is 16.6 Å². The van der Waals surface area contributed by atoms with Gasteiger partial charge >= 0.3 is 6.09 Å². The quantitative estimate of drug-likeness (QED) is 0.514. The van der Waals surface area contributed by atoms with Crippen molar-refractivity contribution >= 4 is 45.3 Å². The van der Waals surface area contributed by atoms with Crippen LogP contribution in [-0.4, -0.2) is 27.7 Å². The lowest BCUT2D eigenvalue weighted by atomic mass is 10.1. The van der Waals surface area contributed by atoms with Crippen LogP contribution in [0.1, 0.15) is 31.1 Å². The number of benzene rings is 1. The Morgan fingerprint density at radius 3 is 2.50 bits per heavy atom. The fraction of sp³-hybridized carbons (Fsp3) is 0.267. The smallest absolute Gasteiger partial charge is 0.412 e. The first-order chi connectivity index (χ1) is 10.2. The Morgan fingerprint density at radius 2 is 1.91 bits per heavy atom. The van der Waals surface area contributed by atoms with Crippen molar-refractivity contribution in [3.8, 4) is 0 Å². The van der Waals surface area contributed by atoms with Gasteiger partial charge in [-0.05, 0) is 50.6 Å². The molecule has 6 nitrogen and oxygen atoms in total. The number of carbonyl (C=O) groups is 3. The number of halogens is 1. The molecule has 1 aromatic heterocycles. The SMILES string of the molecule is CC(C)(C)OC(=O)Nc1ccc2[nH]cc(C(=O)C(=O)Cl)c2c1. The van der Waals surface area contributed by atoms with Crippen molar-refractivity contribution in [1.29, 1.82) is 0 Å². The molecule has 0 atom stereocenters. The number of hydrogen-bond acceptors (Lipinski definition) is 4. The average molecular weight is 323 g/mol. The highest BCUT2D eigenvalue weighted by atomic mass is 35.5. The maximum atomic E-state index is 11.7. The van der Waals surface area contributed by atoms with E-state index in [2.05, 4.69) is 10.3 Å². The Labute approximate surface area is 131 Å². The van der Waals surface area contributed by atoms with Crippen LogP contribution in [0.2, 0.25) is 0 Å². The van der Waals surface area contributed by atoms with E-state index in [1.165, 1.54) is 6.20 Å². The Kier molecular flexibility index (Phi) is 4.23. The number of Topliss-reactive ketones (excluding diaryl/α,β-unsaturated/α-hetero) is 1. The number of nitrogens with one attached hydrogen (secondary N) is 2. The second-order valence-corrected chi connectivity index (χ2v) is 6.04. The molecule has 116 valence electrons. The molecule has 0 bridgehead atoms. The number of anilines is 1. The van der Waals surface area contributed by atoms with Crippen LogP contribution in [0.25, 0.3) is 10.9 Å². The maximum absolute atomic E-state index is 11.7. The second-order valence-electron chi connectivity index (χ2n) is 5.69. The molecule has 1 aromatic carbocycles. The van der Waals surface area contributed by atoms with Crippen molar-refractivity contribution in [1.82, 2.24) is 4.98 Å². The van der Waals surface area contributed by atoms with E-state index in [0.717, 1.165) is 0 Å². The summed E-state index contributed by atoms with van der Waals surface area (Å²) in [5, 5.41) is 2.00. The lowest BCUT2D eigenvalue weighted by molar-refractivity contribution is -0.108. The van der Waals surface area contributed by atoms with Gasteiger partial charge in [-0.3, -0.25) is 14.9 Å². The Hall–Kier alpha value is -2.34. The van der Waals surface area contributed by atoms with Gasteiger partial charge in [-0.1, -0.05) is 0 Å². The zero-order valence-corrected chi connectivity index (χ0v) is 13.1. The third-order valence-electron chi connectivity index (χ3n) is 2.75. The summed E-state index contributed by atoms with van der Waals surface area (Å²) < 4.78 is 5.15. The summed E-state index contributed by atoms with van der Waals surface area (Å²) in [5.41, 5.74) is 0.630. The van der Waals surface area contributed by atoms with Crippen LogP contribution in [0, 0.1) is 0 Å². The first-order valence-corrected chi connectivity index (χ1v) is 6.90. The van der Waals surface area contributed by atoms with E-state index in [4.69, 9.17) is 16.3 Å². The van der Waals surface area contributed by atoms with Crippen LogP contribution in [0.5, 0.6) is 0 Å². The van der Waals surface area contributed by atoms with Crippen molar-refractivity contribution in [3.05, 3.63) is 30.0 Å². The fourth-order valence-electron chi connectivity index (χ4n) is 1.91. The van der Waals surface area contributed by atoms with Crippen molar-refractivity contribution in [2.24, 2.45) is 0 Å². The number of carbonyl (C=O) groups excluding carboxylic acids is 3. The highest BCUT2D eigenvalue weighted by molar-refractivity contribution is 6.83. The molecule has 0 saturated carbocycles. The number of rotatable bonds is 3. The number of amides is 1. The molecule has 0 spiro atoms. The number of ether oxygens (including phenoxy) is 1. The Balaban J connectivity index is 2.30. The van der Waals surface area contributed by atoms with Gasteiger partial charge in [-0.25, -0.2) is 4.79 Å². The van der Waals surface area contributed by atoms with Gasteiger partial charge in [0, 0.05) is 22.8 Å². The zero-order valence-electron chi connectivity index (χ0n) is 12.3. The molecule has 22 heavy (non-hydrogen) atoms. The fourth-order valence-corrected chi connectivity index (χ4v) is 2.02. The van der Waals surface area contributed by atoms with Crippen LogP contribution in [-0.2, 0) is 9.53 Å². The second kappa shape index (κ2) is 5.81. The molecule has 1 amide bonds. The van der Waals surface area contributed by atoms with E-state index in [9.17, 15) is 14.4 Å². The van der Waals surface area contributed by atoms with E-state index >= 15 is 0 Å². The summed E-state index contributed by atoms with van der Waals surface area (Å²) in [6.45, 7) is 5.26. The first kappa shape index (κ1) is 16.0. The molecule has 0 unspecified atom stereocenters. The number of H-pyrrole nitrogens is 1. The lowest BCUT2D eigenvalue weighted by Gasteiger charge is -2.19. The van der Waals surface area contributed by atoms with Crippen molar-refractivity contribution in [2.75, 3.05) is 5.32 Å². The Morgan fingerprint density at radius 1 is 1.23 bits per heavy atom. The first-order valence-electron chi connectivity index (χ1n) is 6.52. The monoisotopic (exact) mass is 322 g/mol. The number of fused-ring (bicyclic) bond motifs is 1. The average Bonchev–Trinajstić information content (AvgIpc) is 2.78. The van der Waals surface area contributed by atoms with Gasteiger partial charge < -0.3 is 9.72 Å². The van der Waals surface area contributed by atoms with Crippen LogP contribution in [0.15, 0.2) is 24.4 Å². The molecule has 2 N–H and O–H groups in total. The standard InChI is InChI=1S/C15H15ClN2O4/c1-15(2,3)22-14(21)18-8-4-5-11-9(6-8)10(7-17-11)12(19)13(16)20/h4-7,17H,1-3H3,(H,18,21). The number of aromatic amines is 1. The summed E-state index contributed by atoms with van der Waals surface area (Å²) >= 11 is 5.22. The normalized spacial score (nSPS) is 11.3.